The zero-order valence-corrected chi connectivity index (χ0v) is 16.6. The van der Waals surface area contributed by atoms with Gasteiger partial charge in [0.05, 0.1) is 0 Å². The van der Waals surface area contributed by atoms with E-state index in [1.54, 1.807) is 0 Å². The van der Waals surface area contributed by atoms with Crippen LogP contribution in [0.3, 0.4) is 0 Å². The highest BCUT2D eigenvalue weighted by molar-refractivity contribution is 6.30. The average Bonchev–Trinajstić information content (AvgIpc) is 2.66. The number of hydrogen-bond donors (Lipinski definition) is 3. The van der Waals surface area contributed by atoms with Gasteiger partial charge in [0, 0.05) is 16.0 Å². The summed E-state index contributed by atoms with van der Waals surface area (Å²) in [5.74, 6) is -2.57. The molecule has 1 fully saturated rings. The van der Waals surface area contributed by atoms with Gasteiger partial charge in [0.15, 0.2) is 0 Å². The van der Waals surface area contributed by atoms with Crippen LogP contribution in [0.5, 0.6) is 0 Å². The normalized spacial score (nSPS) is 13.8. The van der Waals surface area contributed by atoms with Gasteiger partial charge in [0.1, 0.15) is 0 Å². The lowest BCUT2D eigenvalue weighted by atomic mass is 9.76. The van der Waals surface area contributed by atoms with Crippen LogP contribution >= 0.6 is 23.2 Å². The molecule has 0 atom stereocenters. The molecular weight excluding hydrogens is 405 g/mol. The van der Waals surface area contributed by atoms with Gasteiger partial charge in [-0.15, -0.1) is 0 Å². The first-order valence-corrected chi connectivity index (χ1v) is 9.32. The second kappa shape index (κ2) is 11.7. The Morgan fingerprint density at radius 3 is 1.50 bits per heavy atom. The van der Waals surface area contributed by atoms with Gasteiger partial charge in [-0.2, -0.15) is 0 Å². The topological polar surface area (TPSA) is 118 Å². The van der Waals surface area contributed by atoms with Crippen LogP contribution in [0.25, 0.3) is 0 Å². The number of piperidine rings is 1. The number of benzene rings is 2. The molecule has 8 heteroatoms. The van der Waals surface area contributed by atoms with Gasteiger partial charge < -0.3 is 21.0 Å². The first-order chi connectivity index (χ1) is 12.9. The number of aliphatic carboxylic acids is 2. The van der Waals surface area contributed by atoms with Crippen LogP contribution in [0.4, 0.5) is 0 Å². The van der Waals surface area contributed by atoms with E-state index in [9.17, 15) is 0 Å². The van der Waals surface area contributed by atoms with Gasteiger partial charge in [-0.1, -0.05) is 47.5 Å². The minimum absolute atomic E-state index is 0. The first kappa shape index (κ1) is 23.9. The van der Waals surface area contributed by atoms with Gasteiger partial charge in [-0.3, -0.25) is 0 Å². The molecule has 5 N–H and O–H groups in total. The van der Waals surface area contributed by atoms with Crippen molar-refractivity contribution < 1.29 is 25.3 Å². The molecule has 0 unspecified atom stereocenters. The zero-order valence-electron chi connectivity index (χ0n) is 15.1. The summed E-state index contributed by atoms with van der Waals surface area (Å²) in [4.78, 5) is 18.2. The van der Waals surface area contributed by atoms with Crippen molar-refractivity contribution in [3.05, 3.63) is 69.7 Å². The van der Waals surface area contributed by atoms with E-state index in [1.165, 1.54) is 24.0 Å². The van der Waals surface area contributed by atoms with Crippen molar-refractivity contribution in [2.75, 3.05) is 13.1 Å². The molecule has 1 saturated heterocycles. The summed E-state index contributed by atoms with van der Waals surface area (Å²) in [6.45, 7) is 2.20. The molecule has 0 aromatic heterocycles. The SMILES string of the molecule is Clc1ccc(C(c2ccc(Cl)cc2)C2CCNCC2)cc1.O.O=C(O)C(=O)O. The third kappa shape index (κ3) is 7.13. The van der Waals surface area contributed by atoms with E-state index >= 15 is 0 Å². The summed E-state index contributed by atoms with van der Waals surface area (Å²) in [6, 6.07) is 16.6. The predicted molar refractivity (Wildman–Crippen MR) is 109 cm³/mol. The van der Waals surface area contributed by atoms with E-state index in [4.69, 9.17) is 43.0 Å². The van der Waals surface area contributed by atoms with Gasteiger partial charge in [-0.25, -0.2) is 9.59 Å². The molecule has 1 aliphatic heterocycles. The molecule has 0 amide bonds. The smallest absolute Gasteiger partial charge is 0.414 e. The maximum Gasteiger partial charge on any atom is 0.414 e. The van der Waals surface area contributed by atoms with E-state index < -0.39 is 11.9 Å². The summed E-state index contributed by atoms with van der Waals surface area (Å²) in [5, 5.41) is 19.8. The largest absolute Gasteiger partial charge is 0.473 e. The molecule has 152 valence electrons. The number of carboxylic acids is 2. The zero-order chi connectivity index (χ0) is 19.8. The minimum atomic E-state index is -1.82. The Labute approximate surface area is 173 Å². The van der Waals surface area contributed by atoms with Crippen LogP contribution < -0.4 is 5.32 Å². The second-order valence-electron chi connectivity index (χ2n) is 6.28. The van der Waals surface area contributed by atoms with Crippen LogP contribution in [-0.4, -0.2) is 40.7 Å². The molecule has 0 saturated carbocycles. The summed E-state index contributed by atoms with van der Waals surface area (Å²) in [5.41, 5.74) is 2.68. The van der Waals surface area contributed by atoms with E-state index in [2.05, 4.69) is 29.6 Å². The minimum Gasteiger partial charge on any atom is -0.473 e. The Balaban J connectivity index is 0.000000492. The lowest BCUT2D eigenvalue weighted by Gasteiger charge is -2.31. The monoisotopic (exact) mass is 427 g/mol. The number of nitrogens with one attached hydrogen (secondary N) is 1. The van der Waals surface area contributed by atoms with Crippen molar-refractivity contribution in [1.82, 2.24) is 5.32 Å². The third-order valence-electron chi connectivity index (χ3n) is 4.50. The van der Waals surface area contributed by atoms with Crippen molar-refractivity contribution in [3.63, 3.8) is 0 Å². The summed E-state index contributed by atoms with van der Waals surface area (Å²) >= 11 is 12.1. The van der Waals surface area contributed by atoms with Gasteiger partial charge in [-0.05, 0) is 67.2 Å². The van der Waals surface area contributed by atoms with Crippen LogP contribution in [0.2, 0.25) is 10.0 Å². The van der Waals surface area contributed by atoms with Crippen LogP contribution in [0, 0.1) is 5.92 Å². The maximum absolute atomic E-state index is 9.10. The molecular formula is C20H23Cl2NO5. The van der Waals surface area contributed by atoms with E-state index in [1.807, 2.05) is 24.3 Å². The molecule has 6 nitrogen and oxygen atoms in total. The molecule has 0 radical (unpaired) electrons. The standard InChI is InChI=1S/C18H19Cl2N.C2H2O4.H2O/c19-16-5-1-13(2-6-16)18(15-9-11-21-12-10-15)14-3-7-17(20)8-4-14;3-1(4)2(5)6;/h1-8,15,18,21H,9-12H2;(H,3,4)(H,5,6);1H2. The molecule has 2 aromatic rings. The molecule has 0 spiro atoms. The fourth-order valence-electron chi connectivity index (χ4n) is 3.25. The third-order valence-corrected chi connectivity index (χ3v) is 5.00. The highest BCUT2D eigenvalue weighted by atomic mass is 35.5. The van der Waals surface area contributed by atoms with Gasteiger partial charge >= 0.3 is 11.9 Å². The van der Waals surface area contributed by atoms with Crippen molar-refractivity contribution in [2.24, 2.45) is 5.92 Å². The van der Waals surface area contributed by atoms with Crippen molar-refractivity contribution in [1.29, 1.82) is 0 Å². The van der Waals surface area contributed by atoms with E-state index in [0.29, 0.717) is 11.8 Å². The van der Waals surface area contributed by atoms with E-state index in [0.717, 1.165) is 23.1 Å². The fraction of sp³-hybridized carbons (Fsp3) is 0.300. The van der Waals surface area contributed by atoms with Gasteiger partial charge in [0.25, 0.3) is 0 Å². The first-order valence-electron chi connectivity index (χ1n) is 8.56. The molecule has 28 heavy (non-hydrogen) atoms. The average molecular weight is 428 g/mol. The summed E-state index contributed by atoms with van der Waals surface area (Å²) < 4.78 is 0. The van der Waals surface area contributed by atoms with Crippen molar-refractivity contribution in [3.8, 4) is 0 Å². The summed E-state index contributed by atoms with van der Waals surface area (Å²) in [7, 11) is 0. The van der Waals surface area contributed by atoms with Crippen LogP contribution in [0.15, 0.2) is 48.5 Å². The highest BCUT2D eigenvalue weighted by Crippen LogP contribution is 2.37. The molecule has 2 aromatic carbocycles. The molecule has 1 aliphatic rings. The van der Waals surface area contributed by atoms with Crippen molar-refractivity contribution in [2.45, 2.75) is 18.8 Å². The van der Waals surface area contributed by atoms with E-state index in [-0.39, 0.29) is 5.48 Å². The van der Waals surface area contributed by atoms with Crippen LogP contribution in [0.1, 0.15) is 29.9 Å². The number of rotatable bonds is 3. The lowest BCUT2D eigenvalue weighted by Crippen LogP contribution is -2.31. The predicted octanol–water partition coefficient (Wildman–Crippen LogP) is 3.46. The Kier molecular flexibility index (Phi) is 9.96. The quantitative estimate of drug-likeness (QED) is 0.648. The number of carboxylic acid groups (broad SMARTS) is 2. The van der Waals surface area contributed by atoms with Crippen LogP contribution in [-0.2, 0) is 9.59 Å². The Morgan fingerprint density at radius 2 is 1.18 bits per heavy atom. The molecule has 0 bridgehead atoms. The fourth-order valence-corrected chi connectivity index (χ4v) is 3.51. The lowest BCUT2D eigenvalue weighted by molar-refractivity contribution is -0.159. The Morgan fingerprint density at radius 1 is 0.821 bits per heavy atom. The maximum atomic E-state index is 9.10. The number of halogens is 2. The molecule has 0 aliphatic carbocycles. The van der Waals surface area contributed by atoms with Gasteiger partial charge in [0.2, 0.25) is 0 Å². The number of carbonyl (C=O) groups is 2. The summed E-state index contributed by atoms with van der Waals surface area (Å²) in [6.07, 6.45) is 2.41. The highest BCUT2D eigenvalue weighted by Gasteiger charge is 2.26. The molecule has 3 rings (SSSR count). The Hall–Kier alpha value is -2.12. The Bertz CT molecular complexity index is 702. The second-order valence-corrected chi connectivity index (χ2v) is 7.15. The van der Waals surface area contributed by atoms with Crippen molar-refractivity contribution >= 4 is 35.1 Å². The molecule has 1 heterocycles. The number of hydrogen-bond acceptors (Lipinski definition) is 3.